The van der Waals surface area contributed by atoms with Gasteiger partial charge in [-0.2, -0.15) is 0 Å². The molecule has 0 aliphatic carbocycles. The number of hydrogen-bond donors (Lipinski definition) is 0. The maximum atomic E-state index is 4.49. The zero-order valence-electron chi connectivity index (χ0n) is 13.5. The Hall–Kier alpha value is -2.48. The van der Waals surface area contributed by atoms with Crippen molar-refractivity contribution in [3.63, 3.8) is 0 Å². The summed E-state index contributed by atoms with van der Waals surface area (Å²) in [5.74, 6) is 0. The summed E-state index contributed by atoms with van der Waals surface area (Å²) in [6, 6.07) is 14.9. The van der Waals surface area contributed by atoms with Gasteiger partial charge in [-0.05, 0) is 57.0 Å². The molecule has 0 radical (unpaired) electrons. The molecule has 0 saturated carbocycles. The lowest BCUT2D eigenvalue weighted by Crippen LogP contribution is -1.94. The minimum absolute atomic E-state index is 0.972. The number of benzene rings is 2. The van der Waals surface area contributed by atoms with E-state index in [1.807, 2.05) is 0 Å². The van der Waals surface area contributed by atoms with E-state index in [0.29, 0.717) is 0 Å². The van der Waals surface area contributed by atoms with E-state index in [9.17, 15) is 0 Å². The summed E-state index contributed by atoms with van der Waals surface area (Å²) in [7, 11) is 0. The molecule has 22 heavy (non-hydrogen) atoms. The third-order valence-corrected chi connectivity index (χ3v) is 3.92. The highest BCUT2D eigenvalue weighted by Crippen LogP contribution is 2.28. The molecule has 2 aromatic carbocycles. The topological polar surface area (TPSA) is 25.8 Å². The summed E-state index contributed by atoms with van der Waals surface area (Å²) < 4.78 is 0. The second-order valence-corrected chi connectivity index (χ2v) is 5.93. The molecule has 0 bridgehead atoms. The molecule has 1 aromatic heterocycles. The Morgan fingerprint density at radius 3 is 1.91 bits per heavy atom. The van der Waals surface area contributed by atoms with Gasteiger partial charge in [-0.15, -0.1) is 0 Å². The second kappa shape index (κ2) is 5.72. The van der Waals surface area contributed by atoms with Crippen LogP contribution in [-0.4, -0.2) is 9.97 Å². The number of nitrogens with zero attached hydrogens (tertiary/aromatic N) is 2. The SMILES string of the molecule is Cc1cc(C)cc(-c2cc(-c3c(C)cccc3C)ncn2)c1. The van der Waals surface area contributed by atoms with Crippen molar-refractivity contribution in [3.8, 4) is 22.5 Å². The molecule has 0 fully saturated rings. The molecule has 1 heterocycles. The maximum Gasteiger partial charge on any atom is 0.116 e. The summed E-state index contributed by atoms with van der Waals surface area (Å²) in [5.41, 5.74) is 9.29. The minimum atomic E-state index is 0.972. The van der Waals surface area contributed by atoms with E-state index in [2.05, 4.69) is 80.1 Å². The molecule has 2 heteroatoms. The summed E-state index contributed by atoms with van der Waals surface area (Å²) in [6.45, 7) is 8.48. The molecule has 2 nitrogen and oxygen atoms in total. The molecular formula is C20H20N2. The monoisotopic (exact) mass is 288 g/mol. The Bertz CT molecular complexity index is 794. The van der Waals surface area contributed by atoms with Gasteiger partial charge in [0.2, 0.25) is 0 Å². The van der Waals surface area contributed by atoms with E-state index < -0.39 is 0 Å². The molecule has 0 atom stereocenters. The Balaban J connectivity index is 2.14. The van der Waals surface area contributed by atoms with Crippen LogP contribution in [0.25, 0.3) is 22.5 Å². The third kappa shape index (κ3) is 2.77. The van der Waals surface area contributed by atoms with Gasteiger partial charge in [-0.3, -0.25) is 0 Å². The van der Waals surface area contributed by atoms with Crippen molar-refractivity contribution in [1.82, 2.24) is 9.97 Å². The van der Waals surface area contributed by atoms with Crippen LogP contribution in [0.15, 0.2) is 48.8 Å². The highest BCUT2D eigenvalue weighted by Gasteiger charge is 2.09. The van der Waals surface area contributed by atoms with Crippen LogP contribution in [0.4, 0.5) is 0 Å². The van der Waals surface area contributed by atoms with Gasteiger partial charge in [0.25, 0.3) is 0 Å². The van der Waals surface area contributed by atoms with Gasteiger partial charge in [-0.25, -0.2) is 9.97 Å². The largest absolute Gasteiger partial charge is 0.236 e. The van der Waals surface area contributed by atoms with Crippen molar-refractivity contribution in [2.45, 2.75) is 27.7 Å². The molecule has 3 aromatic rings. The fourth-order valence-corrected chi connectivity index (χ4v) is 2.99. The first-order chi connectivity index (χ1) is 10.5. The number of hydrogen-bond acceptors (Lipinski definition) is 2. The quantitative estimate of drug-likeness (QED) is 0.660. The van der Waals surface area contributed by atoms with Crippen molar-refractivity contribution in [3.05, 3.63) is 71.0 Å². The van der Waals surface area contributed by atoms with Gasteiger partial charge < -0.3 is 0 Å². The fourth-order valence-electron chi connectivity index (χ4n) is 2.99. The van der Waals surface area contributed by atoms with Crippen molar-refractivity contribution < 1.29 is 0 Å². The lowest BCUT2D eigenvalue weighted by molar-refractivity contribution is 1.16. The summed E-state index contributed by atoms with van der Waals surface area (Å²) >= 11 is 0. The van der Waals surface area contributed by atoms with Crippen molar-refractivity contribution in [1.29, 1.82) is 0 Å². The highest BCUT2D eigenvalue weighted by atomic mass is 14.8. The van der Waals surface area contributed by atoms with Gasteiger partial charge in [0.1, 0.15) is 6.33 Å². The third-order valence-electron chi connectivity index (χ3n) is 3.92. The lowest BCUT2D eigenvalue weighted by atomic mass is 9.98. The van der Waals surface area contributed by atoms with Gasteiger partial charge in [0.15, 0.2) is 0 Å². The summed E-state index contributed by atoms with van der Waals surface area (Å²) in [4.78, 5) is 8.96. The minimum Gasteiger partial charge on any atom is -0.236 e. The molecule has 0 N–H and O–H groups in total. The molecule has 0 aliphatic heterocycles. The number of rotatable bonds is 2. The molecule has 0 amide bonds. The van der Waals surface area contributed by atoms with Crippen LogP contribution in [-0.2, 0) is 0 Å². The van der Waals surface area contributed by atoms with Crippen LogP contribution >= 0.6 is 0 Å². The standard InChI is InChI=1S/C20H20N2/c1-13-8-14(2)10-17(9-13)18-11-19(22-12-21-18)20-15(3)6-5-7-16(20)4/h5-12H,1-4H3. The van der Waals surface area contributed by atoms with Crippen LogP contribution < -0.4 is 0 Å². The molecular weight excluding hydrogens is 268 g/mol. The maximum absolute atomic E-state index is 4.49. The van der Waals surface area contributed by atoms with Crippen LogP contribution in [0.5, 0.6) is 0 Å². The van der Waals surface area contributed by atoms with E-state index in [4.69, 9.17) is 0 Å². The fraction of sp³-hybridized carbons (Fsp3) is 0.200. The van der Waals surface area contributed by atoms with Crippen LogP contribution in [0.1, 0.15) is 22.3 Å². The predicted octanol–water partition coefficient (Wildman–Crippen LogP) is 5.04. The predicted molar refractivity (Wildman–Crippen MR) is 91.9 cm³/mol. The molecule has 0 spiro atoms. The first-order valence-corrected chi connectivity index (χ1v) is 7.52. The van der Waals surface area contributed by atoms with Crippen LogP contribution in [0.2, 0.25) is 0 Å². The average molecular weight is 288 g/mol. The highest BCUT2D eigenvalue weighted by molar-refractivity contribution is 5.72. The summed E-state index contributed by atoms with van der Waals surface area (Å²) in [5, 5.41) is 0. The van der Waals surface area contributed by atoms with Crippen molar-refractivity contribution in [2.75, 3.05) is 0 Å². The van der Waals surface area contributed by atoms with E-state index in [1.54, 1.807) is 6.33 Å². The average Bonchev–Trinajstić information content (AvgIpc) is 2.46. The number of aromatic nitrogens is 2. The molecule has 0 aliphatic rings. The van der Waals surface area contributed by atoms with E-state index >= 15 is 0 Å². The van der Waals surface area contributed by atoms with Crippen molar-refractivity contribution >= 4 is 0 Å². The van der Waals surface area contributed by atoms with E-state index in [-0.39, 0.29) is 0 Å². The Morgan fingerprint density at radius 1 is 0.682 bits per heavy atom. The Labute approximate surface area is 131 Å². The zero-order valence-corrected chi connectivity index (χ0v) is 13.5. The Kier molecular flexibility index (Phi) is 3.76. The normalized spacial score (nSPS) is 10.7. The first kappa shape index (κ1) is 14.5. The summed E-state index contributed by atoms with van der Waals surface area (Å²) in [6.07, 6.45) is 1.66. The molecule has 110 valence electrons. The second-order valence-electron chi connectivity index (χ2n) is 5.93. The zero-order chi connectivity index (χ0) is 15.7. The van der Waals surface area contributed by atoms with Crippen molar-refractivity contribution in [2.24, 2.45) is 0 Å². The van der Waals surface area contributed by atoms with Gasteiger partial charge in [-0.1, -0.05) is 35.4 Å². The molecule has 3 rings (SSSR count). The van der Waals surface area contributed by atoms with Gasteiger partial charge in [0.05, 0.1) is 11.4 Å². The van der Waals surface area contributed by atoms with E-state index in [1.165, 1.54) is 27.8 Å². The van der Waals surface area contributed by atoms with Gasteiger partial charge >= 0.3 is 0 Å². The van der Waals surface area contributed by atoms with Gasteiger partial charge in [0, 0.05) is 11.1 Å². The van der Waals surface area contributed by atoms with E-state index in [0.717, 1.165) is 17.0 Å². The Morgan fingerprint density at radius 2 is 1.27 bits per heavy atom. The molecule has 0 saturated heterocycles. The smallest absolute Gasteiger partial charge is 0.116 e. The first-order valence-electron chi connectivity index (χ1n) is 7.52. The number of aryl methyl sites for hydroxylation is 4. The lowest BCUT2D eigenvalue weighted by Gasteiger charge is -2.10. The van der Waals surface area contributed by atoms with Crippen LogP contribution in [0, 0.1) is 27.7 Å². The molecule has 0 unspecified atom stereocenters. The van der Waals surface area contributed by atoms with Crippen LogP contribution in [0.3, 0.4) is 0 Å².